The minimum absolute atomic E-state index is 0.110. The summed E-state index contributed by atoms with van der Waals surface area (Å²) in [6.45, 7) is 10.2. The Morgan fingerprint density at radius 1 is 1.50 bits per heavy atom. The lowest BCUT2D eigenvalue weighted by atomic mass is 10.1. The van der Waals surface area contributed by atoms with Gasteiger partial charge in [-0.1, -0.05) is 6.92 Å². The minimum Gasteiger partial charge on any atom is -0.350 e. The van der Waals surface area contributed by atoms with Crippen LogP contribution in [0.25, 0.3) is 0 Å². The van der Waals surface area contributed by atoms with E-state index >= 15 is 0 Å². The van der Waals surface area contributed by atoms with Crippen LogP contribution in [-0.2, 0) is 4.79 Å². The molecule has 0 aromatic carbocycles. The number of likely N-dealkylation sites (tertiary alicyclic amines) is 1. The highest BCUT2D eigenvalue weighted by atomic mass is 16.2. The third-order valence-corrected chi connectivity index (χ3v) is 2.57. The molecule has 0 aromatic heterocycles. The highest BCUT2D eigenvalue weighted by Gasteiger charge is 2.30. The van der Waals surface area contributed by atoms with Crippen molar-refractivity contribution in [3.8, 4) is 0 Å². The summed E-state index contributed by atoms with van der Waals surface area (Å²) >= 11 is 0. The van der Waals surface area contributed by atoms with Gasteiger partial charge in [-0.05, 0) is 46.7 Å². The number of hydrogen-bond acceptors (Lipinski definition) is 2. The van der Waals surface area contributed by atoms with Gasteiger partial charge in [0.05, 0.1) is 6.04 Å². The molecule has 82 valence electrons. The molecule has 0 aromatic rings. The van der Waals surface area contributed by atoms with Crippen molar-refractivity contribution in [3.05, 3.63) is 0 Å². The first-order chi connectivity index (χ1) is 6.44. The summed E-state index contributed by atoms with van der Waals surface area (Å²) in [5.74, 6) is 0.192. The van der Waals surface area contributed by atoms with E-state index in [4.69, 9.17) is 0 Å². The molecular formula is C11H22N2O. The molecule has 0 saturated carbocycles. The number of nitrogens with zero attached hydrogens (tertiary/aromatic N) is 1. The Balaban J connectivity index is 2.52. The number of likely N-dealkylation sites (N-methyl/N-ethyl adjacent to an activating group) is 1. The predicted molar refractivity (Wildman–Crippen MR) is 58.2 cm³/mol. The first kappa shape index (κ1) is 11.5. The number of rotatable bonds is 2. The van der Waals surface area contributed by atoms with E-state index in [2.05, 4.69) is 17.1 Å². The van der Waals surface area contributed by atoms with Crippen molar-refractivity contribution < 1.29 is 4.79 Å². The van der Waals surface area contributed by atoms with Gasteiger partial charge in [0.2, 0.25) is 5.91 Å². The van der Waals surface area contributed by atoms with Crippen LogP contribution in [0.3, 0.4) is 0 Å². The van der Waals surface area contributed by atoms with Gasteiger partial charge in [0.1, 0.15) is 0 Å². The van der Waals surface area contributed by atoms with Crippen LogP contribution in [-0.4, -0.2) is 35.5 Å². The molecule has 1 N–H and O–H groups in total. The van der Waals surface area contributed by atoms with Crippen molar-refractivity contribution in [2.24, 2.45) is 0 Å². The van der Waals surface area contributed by atoms with E-state index in [1.165, 1.54) is 0 Å². The van der Waals surface area contributed by atoms with Crippen LogP contribution in [0.5, 0.6) is 0 Å². The van der Waals surface area contributed by atoms with Crippen LogP contribution in [0.15, 0.2) is 0 Å². The largest absolute Gasteiger partial charge is 0.350 e. The Bertz CT molecular complexity index is 208. The van der Waals surface area contributed by atoms with Gasteiger partial charge >= 0.3 is 0 Å². The van der Waals surface area contributed by atoms with E-state index in [1.54, 1.807) is 0 Å². The van der Waals surface area contributed by atoms with Gasteiger partial charge in [0, 0.05) is 5.54 Å². The third-order valence-electron chi connectivity index (χ3n) is 2.57. The second-order valence-electron chi connectivity index (χ2n) is 5.03. The summed E-state index contributed by atoms with van der Waals surface area (Å²) in [5.41, 5.74) is -0.112. The molecule has 0 bridgehead atoms. The van der Waals surface area contributed by atoms with Gasteiger partial charge in [0.15, 0.2) is 0 Å². The number of nitrogens with one attached hydrogen (secondary N) is 1. The third kappa shape index (κ3) is 2.98. The van der Waals surface area contributed by atoms with Gasteiger partial charge in [-0.3, -0.25) is 9.69 Å². The Labute approximate surface area is 86.9 Å². The molecule has 3 nitrogen and oxygen atoms in total. The van der Waals surface area contributed by atoms with Gasteiger partial charge < -0.3 is 5.32 Å². The molecular weight excluding hydrogens is 176 g/mol. The second-order valence-corrected chi connectivity index (χ2v) is 5.03. The van der Waals surface area contributed by atoms with E-state index in [1.807, 2.05) is 20.8 Å². The van der Waals surface area contributed by atoms with Crippen molar-refractivity contribution in [2.45, 2.75) is 52.1 Å². The fraction of sp³-hybridized carbons (Fsp3) is 0.909. The van der Waals surface area contributed by atoms with Gasteiger partial charge in [-0.2, -0.15) is 0 Å². The number of carbonyl (C=O) groups excluding carboxylic acids is 1. The molecule has 1 amide bonds. The first-order valence-corrected chi connectivity index (χ1v) is 5.50. The summed E-state index contributed by atoms with van der Waals surface area (Å²) in [6.07, 6.45) is 2.16. The fourth-order valence-electron chi connectivity index (χ4n) is 1.95. The van der Waals surface area contributed by atoms with Gasteiger partial charge in [-0.15, -0.1) is 0 Å². The van der Waals surface area contributed by atoms with Crippen LogP contribution in [0.2, 0.25) is 0 Å². The Kier molecular flexibility index (Phi) is 3.53. The minimum atomic E-state index is -0.112. The summed E-state index contributed by atoms with van der Waals surface area (Å²) in [4.78, 5) is 14.1. The first-order valence-electron chi connectivity index (χ1n) is 5.50. The zero-order valence-electron chi connectivity index (χ0n) is 9.76. The van der Waals surface area contributed by atoms with E-state index in [0.717, 1.165) is 25.9 Å². The smallest absolute Gasteiger partial charge is 0.237 e. The topological polar surface area (TPSA) is 32.3 Å². The molecule has 1 heterocycles. The molecule has 1 fully saturated rings. The standard InChI is InChI=1S/C11H22N2O/c1-5-13-8-6-7-9(13)10(14)12-11(2,3)4/h9H,5-8H2,1-4H3,(H,12,14). The lowest BCUT2D eigenvalue weighted by Gasteiger charge is -2.27. The van der Waals surface area contributed by atoms with E-state index in [0.29, 0.717) is 0 Å². The molecule has 1 aliphatic heterocycles. The predicted octanol–water partition coefficient (Wildman–Crippen LogP) is 1.39. The molecule has 1 atom stereocenters. The summed E-state index contributed by atoms with van der Waals surface area (Å²) in [5, 5.41) is 3.04. The van der Waals surface area contributed by atoms with Gasteiger partial charge in [0.25, 0.3) is 0 Å². The van der Waals surface area contributed by atoms with E-state index in [9.17, 15) is 4.79 Å². The normalized spacial score (nSPS) is 23.9. The van der Waals surface area contributed by atoms with Crippen molar-refractivity contribution in [1.29, 1.82) is 0 Å². The maximum absolute atomic E-state index is 11.9. The molecule has 1 unspecified atom stereocenters. The zero-order valence-corrected chi connectivity index (χ0v) is 9.76. The average Bonchev–Trinajstić information content (AvgIpc) is 2.47. The second kappa shape index (κ2) is 4.30. The average molecular weight is 198 g/mol. The number of amides is 1. The van der Waals surface area contributed by atoms with Crippen molar-refractivity contribution in [2.75, 3.05) is 13.1 Å². The van der Waals surface area contributed by atoms with Crippen molar-refractivity contribution in [1.82, 2.24) is 10.2 Å². The van der Waals surface area contributed by atoms with Crippen LogP contribution < -0.4 is 5.32 Å². The van der Waals surface area contributed by atoms with Crippen LogP contribution in [0.4, 0.5) is 0 Å². The molecule has 3 heteroatoms. The molecule has 1 rings (SSSR count). The Hall–Kier alpha value is -0.570. The summed E-state index contributed by atoms with van der Waals surface area (Å²) in [6, 6.07) is 0.110. The highest BCUT2D eigenvalue weighted by molar-refractivity contribution is 5.82. The quantitative estimate of drug-likeness (QED) is 0.727. The zero-order chi connectivity index (χ0) is 10.8. The lowest BCUT2D eigenvalue weighted by Crippen LogP contribution is -2.49. The molecule has 14 heavy (non-hydrogen) atoms. The highest BCUT2D eigenvalue weighted by Crippen LogP contribution is 2.17. The Morgan fingerprint density at radius 3 is 2.64 bits per heavy atom. The number of carbonyl (C=O) groups is 1. The molecule has 0 spiro atoms. The summed E-state index contributed by atoms with van der Waals surface area (Å²) < 4.78 is 0. The van der Waals surface area contributed by atoms with E-state index in [-0.39, 0.29) is 17.5 Å². The summed E-state index contributed by atoms with van der Waals surface area (Å²) in [7, 11) is 0. The monoisotopic (exact) mass is 198 g/mol. The maximum Gasteiger partial charge on any atom is 0.237 e. The SMILES string of the molecule is CCN1CCCC1C(=O)NC(C)(C)C. The van der Waals surface area contributed by atoms with E-state index < -0.39 is 0 Å². The van der Waals surface area contributed by atoms with Gasteiger partial charge in [-0.25, -0.2) is 0 Å². The van der Waals surface area contributed by atoms with Crippen LogP contribution in [0.1, 0.15) is 40.5 Å². The molecule has 1 saturated heterocycles. The molecule has 0 aliphatic carbocycles. The number of hydrogen-bond donors (Lipinski definition) is 1. The van der Waals surface area contributed by atoms with Crippen molar-refractivity contribution >= 4 is 5.91 Å². The molecule has 0 radical (unpaired) electrons. The van der Waals surface area contributed by atoms with Crippen molar-refractivity contribution in [3.63, 3.8) is 0 Å². The fourth-order valence-corrected chi connectivity index (χ4v) is 1.95. The van der Waals surface area contributed by atoms with Crippen LogP contribution >= 0.6 is 0 Å². The Morgan fingerprint density at radius 2 is 2.14 bits per heavy atom. The lowest BCUT2D eigenvalue weighted by molar-refractivity contribution is -0.126. The van der Waals surface area contributed by atoms with Crippen LogP contribution in [0, 0.1) is 0 Å². The molecule has 1 aliphatic rings. The maximum atomic E-state index is 11.9.